The summed E-state index contributed by atoms with van der Waals surface area (Å²) in [6.07, 6.45) is 3.60. The van der Waals surface area contributed by atoms with Crippen LogP contribution in [0.15, 0.2) is 0 Å². The minimum absolute atomic E-state index is 0.109. The van der Waals surface area contributed by atoms with Gasteiger partial charge in [-0.05, 0) is 50.6 Å². The highest BCUT2D eigenvalue weighted by molar-refractivity contribution is 7.91. The molecule has 1 N–H and O–H groups in total. The van der Waals surface area contributed by atoms with Crippen LogP contribution in [0, 0.1) is 11.8 Å². The average molecular weight is 259 g/mol. The van der Waals surface area contributed by atoms with Crippen molar-refractivity contribution >= 4 is 9.84 Å². The van der Waals surface area contributed by atoms with E-state index in [9.17, 15) is 13.5 Å². The van der Waals surface area contributed by atoms with Gasteiger partial charge in [0.05, 0.1) is 17.6 Å². The van der Waals surface area contributed by atoms with Gasteiger partial charge in [0.2, 0.25) is 0 Å². The summed E-state index contributed by atoms with van der Waals surface area (Å²) in [7, 11) is -2.86. The Balaban J connectivity index is 1.79. The molecule has 0 radical (unpaired) electrons. The van der Waals surface area contributed by atoms with E-state index in [1.54, 1.807) is 0 Å². The summed E-state index contributed by atoms with van der Waals surface area (Å²) < 4.78 is 23.4. The van der Waals surface area contributed by atoms with Crippen LogP contribution in [0.1, 0.15) is 25.7 Å². The molecule has 4 saturated heterocycles. The predicted molar refractivity (Wildman–Crippen MR) is 65.5 cm³/mol. The maximum atomic E-state index is 11.7. The van der Waals surface area contributed by atoms with Crippen LogP contribution >= 0.6 is 0 Å². The molecule has 2 bridgehead atoms. The molecule has 0 saturated carbocycles. The lowest BCUT2D eigenvalue weighted by Crippen LogP contribution is -2.61. The lowest BCUT2D eigenvalue weighted by molar-refractivity contribution is -0.0915. The van der Waals surface area contributed by atoms with Crippen LogP contribution in [0.25, 0.3) is 0 Å². The van der Waals surface area contributed by atoms with Crippen molar-refractivity contribution in [1.29, 1.82) is 0 Å². The van der Waals surface area contributed by atoms with Gasteiger partial charge in [-0.2, -0.15) is 0 Å². The van der Waals surface area contributed by atoms with Crippen LogP contribution in [0.4, 0.5) is 0 Å². The fraction of sp³-hybridized carbons (Fsp3) is 1.00. The van der Waals surface area contributed by atoms with Crippen molar-refractivity contribution in [2.24, 2.45) is 11.8 Å². The quantitative estimate of drug-likeness (QED) is 0.734. The zero-order valence-electron chi connectivity index (χ0n) is 10.1. The lowest BCUT2D eigenvalue weighted by atomic mass is 9.75. The Kier molecular flexibility index (Phi) is 2.96. The van der Waals surface area contributed by atoms with E-state index in [1.807, 2.05) is 0 Å². The van der Waals surface area contributed by atoms with Crippen molar-refractivity contribution < 1.29 is 13.5 Å². The second-order valence-electron chi connectivity index (χ2n) is 5.87. The van der Waals surface area contributed by atoms with E-state index in [0.717, 1.165) is 38.8 Å². The van der Waals surface area contributed by atoms with Gasteiger partial charge in [0.15, 0.2) is 9.84 Å². The standard InChI is InChI=1S/C12H21NO3S/c14-12-9-3-5-13(6-4-9)11(12)10-2-1-7-17(15,16)8-10/h9-12,14H,1-8H2. The molecule has 0 aromatic heterocycles. The minimum atomic E-state index is -2.86. The van der Waals surface area contributed by atoms with Crippen LogP contribution in [-0.4, -0.2) is 55.2 Å². The highest BCUT2D eigenvalue weighted by atomic mass is 32.2. The summed E-state index contributed by atoms with van der Waals surface area (Å²) in [6, 6.07) is 0.109. The molecule has 0 aromatic carbocycles. The van der Waals surface area contributed by atoms with Gasteiger partial charge in [0.1, 0.15) is 0 Å². The van der Waals surface area contributed by atoms with Gasteiger partial charge in [-0.25, -0.2) is 8.42 Å². The average Bonchev–Trinajstić information content (AvgIpc) is 2.29. The molecule has 3 unspecified atom stereocenters. The van der Waals surface area contributed by atoms with Crippen LogP contribution in [0.5, 0.6) is 0 Å². The van der Waals surface area contributed by atoms with Gasteiger partial charge in [-0.3, -0.25) is 4.90 Å². The summed E-state index contributed by atoms with van der Waals surface area (Å²) in [4.78, 5) is 2.33. The number of sulfone groups is 1. The number of rotatable bonds is 1. The lowest BCUT2D eigenvalue weighted by Gasteiger charge is -2.52. The monoisotopic (exact) mass is 259 g/mol. The van der Waals surface area contributed by atoms with E-state index < -0.39 is 9.84 Å². The molecule has 5 heteroatoms. The number of piperidine rings is 3. The molecule has 0 spiro atoms. The minimum Gasteiger partial charge on any atom is -0.391 e. The molecule has 4 fully saturated rings. The summed E-state index contributed by atoms with van der Waals surface area (Å²) >= 11 is 0. The number of fused-ring (bicyclic) bond motifs is 3. The van der Waals surface area contributed by atoms with Crippen LogP contribution in [-0.2, 0) is 9.84 Å². The Hall–Kier alpha value is -0.130. The molecule has 98 valence electrons. The number of hydrogen-bond acceptors (Lipinski definition) is 4. The van der Waals surface area contributed by atoms with Crippen LogP contribution in [0.3, 0.4) is 0 Å². The van der Waals surface area contributed by atoms with E-state index in [-0.39, 0.29) is 23.8 Å². The normalized spacial score (nSPS) is 49.1. The van der Waals surface area contributed by atoms with Crippen molar-refractivity contribution in [3.05, 3.63) is 0 Å². The fourth-order valence-electron chi connectivity index (χ4n) is 3.96. The number of nitrogens with zero attached hydrogens (tertiary/aromatic N) is 1. The van der Waals surface area contributed by atoms with Crippen molar-refractivity contribution in [2.45, 2.75) is 37.8 Å². The van der Waals surface area contributed by atoms with Gasteiger partial charge in [-0.1, -0.05) is 0 Å². The smallest absolute Gasteiger partial charge is 0.150 e. The van der Waals surface area contributed by atoms with Gasteiger partial charge < -0.3 is 5.11 Å². The third-order valence-electron chi connectivity index (χ3n) is 4.81. The van der Waals surface area contributed by atoms with E-state index in [1.165, 1.54) is 0 Å². The Labute approximate surface area is 103 Å². The van der Waals surface area contributed by atoms with Gasteiger partial charge in [0.25, 0.3) is 0 Å². The zero-order valence-corrected chi connectivity index (χ0v) is 10.9. The molecule has 4 aliphatic rings. The first-order valence-corrected chi connectivity index (χ1v) is 8.51. The highest BCUT2D eigenvalue weighted by Gasteiger charge is 2.46. The maximum absolute atomic E-state index is 11.7. The van der Waals surface area contributed by atoms with E-state index in [4.69, 9.17) is 0 Å². The molecule has 0 aromatic rings. The van der Waals surface area contributed by atoms with Gasteiger partial charge >= 0.3 is 0 Å². The summed E-state index contributed by atoms with van der Waals surface area (Å²) in [6.45, 7) is 2.09. The molecule has 3 atom stereocenters. The zero-order chi connectivity index (χ0) is 12.0. The molecule has 4 heterocycles. The first kappa shape index (κ1) is 11.9. The van der Waals surface area contributed by atoms with E-state index >= 15 is 0 Å². The fourth-order valence-corrected chi connectivity index (χ4v) is 5.75. The number of aliphatic hydroxyl groups is 1. The molecular formula is C12H21NO3S. The van der Waals surface area contributed by atoms with Gasteiger partial charge in [0, 0.05) is 6.04 Å². The molecule has 4 nitrogen and oxygen atoms in total. The Bertz CT molecular complexity index is 385. The van der Waals surface area contributed by atoms with E-state index in [0.29, 0.717) is 11.7 Å². The highest BCUT2D eigenvalue weighted by Crippen LogP contribution is 2.38. The van der Waals surface area contributed by atoms with Crippen LogP contribution < -0.4 is 0 Å². The topological polar surface area (TPSA) is 57.6 Å². The van der Waals surface area contributed by atoms with Crippen molar-refractivity contribution in [3.8, 4) is 0 Å². The third-order valence-corrected chi connectivity index (χ3v) is 6.66. The predicted octanol–water partition coefficient (Wildman–Crippen LogP) is 0.266. The van der Waals surface area contributed by atoms with Crippen LogP contribution in [0.2, 0.25) is 0 Å². The third kappa shape index (κ3) is 2.13. The SMILES string of the molecule is O=S1(=O)CCCC(C2C(O)C3CCN2CC3)C1. The molecule has 4 rings (SSSR count). The first-order valence-electron chi connectivity index (χ1n) is 6.69. The van der Waals surface area contributed by atoms with Gasteiger partial charge in [-0.15, -0.1) is 0 Å². The second kappa shape index (κ2) is 4.21. The Morgan fingerprint density at radius 1 is 1.06 bits per heavy atom. The Morgan fingerprint density at radius 3 is 2.35 bits per heavy atom. The van der Waals surface area contributed by atoms with Crippen molar-refractivity contribution in [2.75, 3.05) is 24.6 Å². The van der Waals surface area contributed by atoms with E-state index in [2.05, 4.69) is 4.90 Å². The van der Waals surface area contributed by atoms with Crippen molar-refractivity contribution in [1.82, 2.24) is 4.90 Å². The first-order chi connectivity index (χ1) is 8.07. The largest absolute Gasteiger partial charge is 0.391 e. The maximum Gasteiger partial charge on any atom is 0.150 e. The molecular weight excluding hydrogens is 238 g/mol. The number of hydrogen-bond donors (Lipinski definition) is 1. The second-order valence-corrected chi connectivity index (χ2v) is 8.10. The Morgan fingerprint density at radius 2 is 1.76 bits per heavy atom. The molecule has 4 aliphatic heterocycles. The van der Waals surface area contributed by atoms with Crippen molar-refractivity contribution in [3.63, 3.8) is 0 Å². The molecule has 0 amide bonds. The molecule has 0 aliphatic carbocycles. The number of aliphatic hydroxyl groups excluding tert-OH is 1. The summed E-state index contributed by atoms with van der Waals surface area (Å²) in [5, 5.41) is 10.3. The molecule has 17 heavy (non-hydrogen) atoms. The summed E-state index contributed by atoms with van der Waals surface area (Å²) in [5.41, 5.74) is 0. The summed E-state index contributed by atoms with van der Waals surface area (Å²) in [5.74, 6) is 1.20.